The van der Waals surface area contributed by atoms with Crippen molar-refractivity contribution in [3.8, 4) is 5.75 Å². The van der Waals surface area contributed by atoms with Gasteiger partial charge in [-0.25, -0.2) is 0 Å². The van der Waals surface area contributed by atoms with Gasteiger partial charge in [0, 0.05) is 36.5 Å². The molecule has 0 radical (unpaired) electrons. The highest BCUT2D eigenvalue weighted by Gasteiger charge is 2.16. The minimum atomic E-state index is -0.628. The van der Waals surface area contributed by atoms with E-state index in [-0.39, 0.29) is 24.3 Å². The topological polar surface area (TPSA) is 131 Å². The van der Waals surface area contributed by atoms with Gasteiger partial charge in [0.15, 0.2) is 0 Å². The molecule has 2 aromatic rings. The van der Waals surface area contributed by atoms with Crippen LogP contribution in [0.4, 0.5) is 11.4 Å². The Balaban J connectivity index is 1.85. The lowest BCUT2D eigenvalue weighted by Crippen LogP contribution is -2.41. The van der Waals surface area contributed by atoms with Crippen LogP contribution in [0.5, 0.6) is 5.75 Å². The highest BCUT2D eigenvalue weighted by molar-refractivity contribution is 5.98. The van der Waals surface area contributed by atoms with Gasteiger partial charge in [0.25, 0.3) is 11.6 Å². The van der Waals surface area contributed by atoms with E-state index < -0.39 is 22.6 Å². The monoisotopic (exact) mass is 400 g/mol. The second-order valence-electron chi connectivity index (χ2n) is 6.02. The standard InChI is InChI=1S/C19H20N4O6/c1-22(12-17(24)21-14-6-4-8-16(10-14)29-2)18(25)11-20-19(26)13-5-3-7-15(9-13)23(27)28/h3-10H,11-12H2,1-2H3,(H,20,26)(H,21,24). The van der Waals surface area contributed by atoms with Crippen molar-refractivity contribution in [2.24, 2.45) is 0 Å². The molecule has 0 aliphatic heterocycles. The minimum Gasteiger partial charge on any atom is -0.497 e. The number of benzene rings is 2. The van der Waals surface area contributed by atoms with E-state index in [2.05, 4.69) is 10.6 Å². The largest absolute Gasteiger partial charge is 0.497 e. The van der Waals surface area contributed by atoms with Crippen molar-refractivity contribution in [2.75, 3.05) is 32.6 Å². The Morgan fingerprint density at radius 3 is 2.55 bits per heavy atom. The van der Waals surface area contributed by atoms with Crippen molar-refractivity contribution >= 4 is 29.1 Å². The van der Waals surface area contributed by atoms with Crippen LogP contribution in [0.15, 0.2) is 48.5 Å². The van der Waals surface area contributed by atoms with E-state index in [9.17, 15) is 24.5 Å². The molecule has 152 valence electrons. The molecule has 0 unspecified atom stereocenters. The lowest BCUT2D eigenvalue weighted by atomic mass is 10.2. The molecule has 0 bridgehead atoms. The number of likely N-dealkylation sites (N-methyl/N-ethyl adjacent to an activating group) is 1. The highest BCUT2D eigenvalue weighted by Crippen LogP contribution is 2.16. The van der Waals surface area contributed by atoms with E-state index in [0.717, 1.165) is 11.0 Å². The fourth-order valence-electron chi connectivity index (χ4n) is 2.36. The Morgan fingerprint density at radius 2 is 1.86 bits per heavy atom. The van der Waals surface area contributed by atoms with Crippen molar-refractivity contribution in [1.82, 2.24) is 10.2 Å². The third-order valence-corrected chi connectivity index (χ3v) is 3.88. The van der Waals surface area contributed by atoms with Gasteiger partial charge in [-0.05, 0) is 18.2 Å². The molecule has 0 aliphatic rings. The number of amides is 3. The number of hydrogen-bond donors (Lipinski definition) is 2. The maximum atomic E-state index is 12.1. The Morgan fingerprint density at radius 1 is 1.14 bits per heavy atom. The van der Waals surface area contributed by atoms with Crippen LogP contribution in [0.2, 0.25) is 0 Å². The predicted molar refractivity (Wildman–Crippen MR) is 105 cm³/mol. The first-order valence-corrected chi connectivity index (χ1v) is 8.50. The first kappa shape index (κ1) is 21.4. The van der Waals surface area contributed by atoms with Crippen LogP contribution in [0, 0.1) is 10.1 Å². The summed E-state index contributed by atoms with van der Waals surface area (Å²) in [5.74, 6) is -0.962. The van der Waals surface area contributed by atoms with Gasteiger partial charge in [-0.2, -0.15) is 0 Å². The van der Waals surface area contributed by atoms with Crippen molar-refractivity contribution in [1.29, 1.82) is 0 Å². The van der Waals surface area contributed by atoms with Crippen molar-refractivity contribution < 1.29 is 24.0 Å². The van der Waals surface area contributed by atoms with E-state index in [1.165, 1.54) is 32.4 Å². The minimum absolute atomic E-state index is 0.0606. The van der Waals surface area contributed by atoms with Gasteiger partial charge < -0.3 is 20.3 Å². The number of nitro benzene ring substituents is 1. The van der Waals surface area contributed by atoms with Crippen LogP contribution in [0.25, 0.3) is 0 Å². The van der Waals surface area contributed by atoms with Gasteiger partial charge in [-0.1, -0.05) is 12.1 Å². The van der Waals surface area contributed by atoms with Gasteiger partial charge >= 0.3 is 0 Å². The second-order valence-corrected chi connectivity index (χ2v) is 6.02. The van der Waals surface area contributed by atoms with Crippen molar-refractivity contribution in [3.63, 3.8) is 0 Å². The van der Waals surface area contributed by atoms with Crippen LogP contribution >= 0.6 is 0 Å². The molecule has 0 heterocycles. The average Bonchev–Trinajstić information content (AvgIpc) is 2.71. The lowest BCUT2D eigenvalue weighted by molar-refractivity contribution is -0.384. The molecule has 2 aromatic carbocycles. The second kappa shape index (κ2) is 9.83. The number of methoxy groups -OCH3 is 1. The van der Waals surface area contributed by atoms with E-state index in [4.69, 9.17) is 4.74 Å². The van der Waals surface area contributed by atoms with Crippen molar-refractivity contribution in [3.05, 3.63) is 64.2 Å². The van der Waals surface area contributed by atoms with E-state index in [1.54, 1.807) is 24.3 Å². The predicted octanol–water partition coefficient (Wildman–Crippen LogP) is 1.43. The molecule has 0 saturated heterocycles. The first-order chi connectivity index (χ1) is 13.8. The van der Waals surface area contributed by atoms with Gasteiger partial charge in [-0.15, -0.1) is 0 Å². The third kappa shape index (κ3) is 6.31. The fourth-order valence-corrected chi connectivity index (χ4v) is 2.36. The van der Waals surface area contributed by atoms with Crippen LogP contribution in [0.3, 0.4) is 0 Å². The van der Waals surface area contributed by atoms with Gasteiger partial charge in [0.05, 0.1) is 25.1 Å². The molecule has 0 fully saturated rings. The number of nitro groups is 1. The molecule has 2 N–H and O–H groups in total. The average molecular weight is 400 g/mol. The molecule has 29 heavy (non-hydrogen) atoms. The van der Waals surface area contributed by atoms with Crippen LogP contribution < -0.4 is 15.4 Å². The Labute approximate surface area is 166 Å². The molecule has 10 nitrogen and oxygen atoms in total. The number of carbonyl (C=O) groups is 3. The summed E-state index contributed by atoms with van der Waals surface area (Å²) in [5.41, 5.74) is 0.356. The highest BCUT2D eigenvalue weighted by atomic mass is 16.6. The van der Waals surface area contributed by atoms with Crippen LogP contribution in [-0.4, -0.2) is 54.8 Å². The molecule has 0 spiro atoms. The molecule has 2 rings (SSSR count). The summed E-state index contributed by atoms with van der Waals surface area (Å²) in [4.78, 5) is 47.6. The summed E-state index contributed by atoms with van der Waals surface area (Å²) < 4.78 is 5.07. The summed E-state index contributed by atoms with van der Waals surface area (Å²) >= 11 is 0. The maximum Gasteiger partial charge on any atom is 0.270 e. The zero-order valence-electron chi connectivity index (χ0n) is 15.9. The Hall–Kier alpha value is -3.95. The Bertz CT molecular complexity index is 930. The number of carbonyl (C=O) groups excluding carboxylic acids is 3. The zero-order chi connectivity index (χ0) is 21.4. The van der Waals surface area contributed by atoms with Gasteiger partial charge in [0.2, 0.25) is 11.8 Å². The lowest BCUT2D eigenvalue weighted by Gasteiger charge is -2.17. The number of rotatable bonds is 8. The molecule has 0 aliphatic carbocycles. The van der Waals surface area contributed by atoms with E-state index in [0.29, 0.717) is 11.4 Å². The van der Waals surface area contributed by atoms with Gasteiger partial charge in [-0.3, -0.25) is 24.5 Å². The summed E-state index contributed by atoms with van der Waals surface area (Å²) in [7, 11) is 2.93. The summed E-state index contributed by atoms with van der Waals surface area (Å²) in [6, 6.07) is 11.9. The normalized spacial score (nSPS) is 10.0. The molecule has 3 amide bonds. The number of non-ortho nitro benzene ring substituents is 1. The van der Waals surface area contributed by atoms with Crippen molar-refractivity contribution in [2.45, 2.75) is 0 Å². The third-order valence-electron chi connectivity index (χ3n) is 3.88. The first-order valence-electron chi connectivity index (χ1n) is 8.50. The molecular weight excluding hydrogens is 380 g/mol. The molecular formula is C19H20N4O6. The quantitative estimate of drug-likeness (QED) is 0.509. The van der Waals surface area contributed by atoms with Gasteiger partial charge in [0.1, 0.15) is 5.75 Å². The fraction of sp³-hybridized carbons (Fsp3) is 0.211. The summed E-state index contributed by atoms with van der Waals surface area (Å²) in [6.45, 7) is -0.576. The molecule has 10 heteroatoms. The Kier molecular flexibility index (Phi) is 7.24. The summed E-state index contributed by atoms with van der Waals surface area (Å²) in [5, 5.41) is 15.8. The van der Waals surface area contributed by atoms with Crippen LogP contribution in [0.1, 0.15) is 10.4 Å². The number of nitrogens with zero attached hydrogens (tertiary/aromatic N) is 2. The van der Waals surface area contributed by atoms with E-state index >= 15 is 0 Å². The summed E-state index contributed by atoms with van der Waals surface area (Å²) in [6.07, 6.45) is 0. The molecule has 0 saturated carbocycles. The maximum absolute atomic E-state index is 12.1. The van der Waals surface area contributed by atoms with Crippen LogP contribution in [-0.2, 0) is 9.59 Å². The smallest absolute Gasteiger partial charge is 0.270 e. The molecule has 0 aromatic heterocycles. The number of anilines is 1. The molecule has 0 atom stereocenters. The SMILES string of the molecule is COc1cccc(NC(=O)CN(C)C(=O)CNC(=O)c2cccc([N+](=O)[O-])c2)c1. The number of hydrogen-bond acceptors (Lipinski definition) is 6. The number of ether oxygens (including phenoxy) is 1. The zero-order valence-corrected chi connectivity index (χ0v) is 15.9. The number of nitrogens with one attached hydrogen (secondary N) is 2. The van der Waals surface area contributed by atoms with E-state index in [1.807, 2.05) is 0 Å².